The standard InChI is InChI=1S/C18H26N2O/c1-14(2)20-18(13-19)10-5-7-16(18)9-11-21-17-8-4-6-15(3)12-17/h4,6,8,12,14,16,20H,5,7,9-11H2,1-3H3. The Bertz CT molecular complexity index is 506. The maximum Gasteiger partial charge on any atom is 0.119 e. The second-order valence-corrected chi connectivity index (χ2v) is 6.42. The van der Waals surface area contributed by atoms with E-state index >= 15 is 0 Å². The number of aryl methyl sites for hydroxylation is 1. The lowest BCUT2D eigenvalue weighted by atomic mass is 9.85. The van der Waals surface area contributed by atoms with E-state index in [4.69, 9.17) is 4.74 Å². The second-order valence-electron chi connectivity index (χ2n) is 6.42. The lowest BCUT2D eigenvalue weighted by Gasteiger charge is -2.32. The Kier molecular flexibility index (Phi) is 5.25. The van der Waals surface area contributed by atoms with Crippen LogP contribution in [0.3, 0.4) is 0 Å². The predicted octanol–water partition coefficient (Wildman–Crippen LogP) is 3.82. The third kappa shape index (κ3) is 3.98. The highest BCUT2D eigenvalue weighted by Crippen LogP contribution is 2.38. The van der Waals surface area contributed by atoms with Crippen LogP contribution < -0.4 is 10.1 Å². The van der Waals surface area contributed by atoms with Crippen molar-refractivity contribution in [2.24, 2.45) is 5.92 Å². The number of ether oxygens (including phenoxy) is 1. The number of rotatable bonds is 6. The molecule has 1 aromatic rings. The lowest BCUT2D eigenvalue weighted by Crippen LogP contribution is -2.50. The fourth-order valence-electron chi connectivity index (χ4n) is 3.38. The minimum atomic E-state index is -0.357. The van der Waals surface area contributed by atoms with Crippen molar-refractivity contribution in [3.8, 4) is 11.8 Å². The minimum absolute atomic E-state index is 0.336. The fourth-order valence-corrected chi connectivity index (χ4v) is 3.38. The van der Waals surface area contributed by atoms with Gasteiger partial charge in [-0.2, -0.15) is 5.26 Å². The molecule has 1 aromatic carbocycles. The zero-order valence-electron chi connectivity index (χ0n) is 13.4. The van der Waals surface area contributed by atoms with Gasteiger partial charge in [-0.15, -0.1) is 0 Å². The van der Waals surface area contributed by atoms with E-state index in [9.17, 15) is 5.26 Å². The van der Waals surface area contributed by atoms with Crippen LogP contribution in [-0.4, -0.2) is 18.2 Å². The van der Waals surface area contributed by atoms with E-state index in [2.05, 4.69) is 44.3 Å². The Morgan fingerprint density at radius 3 is 2.95 bits per heavy atom. The van der Waals surface area contributed by atoms with Gasteiger partial charge in [-0.05, 0) is 63.6 Å². The van der Waals surface area contributed by atoms with Gasteiger partial charge in [-0.25, -0.2) is 0 Å². The van der Waals surface area contributed by atoms with Gasteiger partial charge in [-0.3, -0.25) is 5.32 Å². The molecule has 1 fully saturated rings. The van der Waals surface area contributed by atoms with Crippen molar-refractivity contribution in [2.75, 3.05) is 6.61 Å². The summed E-state index contributed by atoms with van der Waals surface area (Å²) >= 11 is 0. The molecule has 2 unspecified atom stereocenters. The van der Waals surface area contributed by atoms with E-state index < -0.39 is 0 Å². The molecule has 0 spiro atoms. The first kappa shape index (κ1) is 15.9. The summed E-state index contributed by atoms with van der Waals surface area (Å²) in [4.78, 5) is 0. The van der Waals surface area contributed by atoms with Gasteiger partial charge in [0.05, 0.1) is 12.7 Å². The average Bonchev–Trinajstić information content (AvgIpc) is 2.82. The monoisotopic (exact) mass is 286 g/mol. The normalized spacial score (nSPS) is 25.0. The number of hydrogen-bond donors (Lipinski definition) is 1. The molecule has 1 aliphatic rings. The number of benzene rings is 1. The average molecular weight is 286 g/mol. The van der Waals surface area contributed by atoms with E-state index in [0.717, 1.165) is 31.4 Å². The molecule has 0 aromatic heterocycles. The van der Waals surface area contributed by atoms with Crippen LogP contribution >= 0.6 is 0 Å². The maximum atomic E-state index is 9.64. The summed E-state index contributed by atoms with van der Waals surface area (Å²) in [6.07, 6.45) is 4.13. The highest BCUT2D eigenvalue weighted by atomic mass is 16.5. The van der Waals surface area contributed by atoms with E-state index in [-0.39, 0.29) is 5.54 Å². The van der Waals surface area contributed by atoms with Crippen molar-refractivity contribution in [1.29, 1.82) is 5.26 Å². The van der Waals surface area contributed by atoms with Gasteiger partial charge >= 0.3 is 0 Å². The summed E-state index contributed by atoms with van der Waals surface area (Å²) in [5.41, 5.74) is 0.852. The Labute approximate surface area is 128 Å². The SMILES string of the molecule is Cc1cccc(OCCC2CCCC2(C#N)NC(C)C)c1. The molecule has 3 heteroatoms. The van der Waals surface area contributed by atoms with Crippen LogP contribution in [0.1, 0.15) is 45.1 Å². The first-order valence-electron chi connectivity index (χ1n) is 7.94. The molecule has 0 saturated heterocycles. The zero-order valence-corrected chi connectivity index (χ0v) is 13.4. The molecule has 1 saturated carbocycles. The molecule has 1 N–H and O–H groups in total. The van der Waals surface area contributed by atoms with Crippen LogP contribution in [0.5, 0.6) is 5.75 Å². The van der Waals surface area contributed by atoms with E-state index in [1.165, 1.54) is 5.56 Å². The first-order chi connectivity index (χ1) is 10.1. The van der Waals surface area contributed by atoms with Gasteiger partial charge < -0.3 is 4.74 Å². The lowest BCUT2D eigenvalue weighted by molar-refractivity contribution is 0.225. The second kappa shape index (κ2) is 6.95. The number of nitrogens with zero attached hydrogens (tertiary/aromatic N) is 1. The maximum absolute atomic E-state index is 9.64. The van der Waals surface area contributed by atoms with Crippen LogP contribution in [0.25, 0.3) is 0 Å². The molecule has 0 amide bonds. The van der Waals surface area contributed by atoms with Gasteiger partial charge in [0, 0.05) is 6.04 Å². The highest BCUT2D eigenvalue weighted by Gasteiger charge is 2.43. The summed E-state index contributed by atoms with van der Waals surface area (Å²) in [6, 6.07) is 11.0. The zero-order chi connectivity index (χ0) is 15.3. The molecule has 21 heavy (non-hydrogen) atoms. The molecule has 0 heterocycles. The van der Waals surface area contributed by atoms with Crippen molar-refractivity contribution in [2.45, 2.75) is 58.0 Å². The van der Waals surface area contributed by atoms with Crippen LogP contribution in [0.2, 0.25) is 0 Å². The van der Waals surface area contributed by atoms with Crippen LogP contribution in [0.15, 0.2) is 24.3 Å². The molecule has 3 nitrogen and oxygen atoms in total. The summed E-state index contributed by atoms with van der Waals surface area (Å²) in [7, 11) is 0. The quantitative estimate of drug-likeness (QED) is 0.864. The van der Waals surface area contributed by atoms with Gasteiger partial charge in [-0.1, -0.05) is 18.6 Å². The summed E-state index contributed by atoms with van der Waals surface area (Å²) in [5, 5.41) is 13.1. The summed E-state index contributed by atoms with van der Waals surface area (Å²) in [5.74, 6) is 1.31. The van der Waals surface area contributed by atoms with Crippen molar-refractivity contribution in [3.05, 3.63) is 29.8 Å². The molecule has 2 atom stereocenters. The van der Waals surface area contributed by atoms with Crippen molar-refractivity contribution >= 4 is 0 Å². The Morgan fingerprint density at radius 1 is 1.48 bits per heavy atom. The summed E-state index contributed by atoms with van der Waals surface area (Å²) < 4.78 is 5.85. The summed E-state index contributed by atoms with van der Waals surface area (Å²) in [6.45, 7) is 6.96. The molecular weight excluding hydrogens is 260 g/mol. The van der Waals surface area contributed by atoms with E-state index in [0.29, 0.717) is 18.6 Å². The molecular formula is C18H26N2O. The van der Waals surface area contributed by atoms with Crippen LogP contribution in [0.4, 0.5) is 0 Å². The van der Waals surface area contributed by atoms with Gasteiger partial charge in [0.25, 0.3) is 0 Å². The Morgan fingerprint density at radius 2 is 2.29 bits per heavy atom. The van der Waals surface area contributed by atoms with Crippen LogP contribution in [0, 0.1) is 24.2 Å². The first-order valence-corrected chi connectivity index (χ1v) is 7.94. The van der Waals surface area contributed by atoms with Crippen molar-refractivity contribution in [1.82, 2.24) is 5.32 Å². The highest BCUT2D eigenvalue weighted by molar-refractivity contribution is 5.27. The van der Waals surface area contributed by atoms with E-state index in [1.807, 2.05) is 12.1 Å². The number of nitriles is 1. The molecule has 2 rings (SSSR count). The third-order valence-corrected chi connectivity index (χ3v) is 4.29. The smallest absolute Gasteiger partial charge is 0.119 e. The third-order valence-electron chi connectivity index (χ3n) is 4.29. The molecule has 114 valence electrons. The molecule has 0 aliphatic heterocycles. The molecule has 0 radical (unpaired) electrons. The Balaban J connectivity index is 1.91. The van der Waals surface area contributed by atoms with Gasteiger partial charge in [0.15, 0.2) is 0 Å². The predicted molar refractivity (Wildman–Crippen MR) is 85.2 cm³/mol. The topological polar surface area (TPSA) is 45.0 Å². The number of nitrogens with one attached hydrogen (secondary N) is 1. The molecule has 1 aliphatic carbocycles. The van der Waals surface area contributed by atoms with Crippen molar-refractivity contribution in [3.63, 3.8) is 0 Å². The van der Waals surface area contributed by atoms with Crippen molar-refractivity contribution < 1.29 is 4.74 Å². The largest absolute Gasteiger partial charge is 0.494 e. The number of hydrogen-bond acceptors (Lipinski definition) is 3. The molecule has 0 bridgehead atoms. The fraction of sp³-hybridized carbons (Fsp3) is 0.611. The van der Waals surface area contributed by atoms with E-state index in [1.54, 1.807) is 0 Å². The van der Waals surface area contributed by atoms with Crippen LogP contribution in [-0.2, 0) is 0 Å². The van der Waals surface area contributed by atoms with Gasteiger partial charge in [0.2, 0.25) is 0 Å². The minimum Gasteiger partial charge on any atom is -0.494 e. The Hall–Kier alpha value is -1.53. The van der Waals surface area contributed by atoms with Gasteiger partial charge in [0.1, 0.15) is 11.3 Å².